The maximum Gasteiger partial charge on any atom is 0.167 e. The molecule has 0 aromatic heterocycles. The Hall–Kier alpha value is -1.25. The third kappa shape index (κ3) is 1.97. The van der Waals surface area contributed by atoms with Crippen molar-refractivity contribution in [3.63, 3.8) is 0 Å². The zero-order valence-corrected chi connectivity index (χ0v) is 8.16. The number of anilines is 1. The Morgan fingerprint density at radius 2 is 2.21 bits per heavy atom. The van der Waals surface area contributed by atoms with Gasteiger partial charge in [-0.05, 0) is 37.8 Å². The largest absolute Gasteiger partial charge is 0.487 e. The van der Waals surface area contributed by atoms with Crippen molar-refractivity contribution in [2.24, 2.45) is 5.92 Å². The van der Waals surface area contributed by atoms with Crippen LogP contribution in [0.3, 0.4) is 0 Å². The predicted molar refractivity (Wildman–Crippen MR) is 53.6 cm³/mol. The zero-order valence-electron chi connectivity index (χ0n) is 8.16. The fourth-order valence-electron chi connectivity index (χ4n) is 1.47. The highest BCUT2D eigenvalue weighted by atomic mass is 19.1. The summed E-state index contributed by atoms with van der Waals surface area (Å²) in [6, 6.07) is 4.52. The molecule has 76 valence electrons. The summed E-state index contributed by atoms with van der Waals surface area (Å²) in [5.41, 5.74) is 5.86. The molecule has 0 bridgehead atoms. The van der Waals surface area contributed by atoms with E-state index in [-0.39, 0.29) is 11.9 Å². The van der Waals surface area contributed by atoms with Crippen LogP contribution in [0.15, 0.2) is 18.2 Å². The highest BCUT2D eigenvalue weighted by Crippen LogP contribution is 2.35. The molecule has 1 saturated carbocycles. The highest BCUT2D eigenvalue weighted by Gasteiger charge is 2.29. The maximum atomic E-state index is 13.3. The van der Waals surface area contributed by atoms with Crippen molar-refractivity contribution in [2.45, 2.75) is 25.9 Å². The minimum atomic E-state index is -0.377. The molecule has 0 saturated heterocycles. The second-order valence-corrected chi connectivity index (χ2v) is 3.85. The van der Waals surface area contributed by atoms with Crippen LogP contribution in [0.4, 0.5) is 10.1 Å². The smallest absolute Gasteiger partial charge is 0.167 e. The third-order valence-corrected chi connectivity index (χ3v) is 2.55. The van der Waals surface area contributed by atoms with Crippen LogP contribution in [-0.4, -0.2) is 6.10 Å². The predicted octanol–water partition coefficient (Wildman–Crippen LogP) is 2.59. The number of ether oxygens (including phenoxy) is 1. The van der Waals surface area contributed by atoms with E-state index in [1.54, 1.807) is 12.1 Å². The van der Waals surface area contributed by atoms with Gasteiger partial charge in [0.25, 0.3) is 0 Å². The van der Waals surface area contributed by atoms with Gasteiger partial charge in [-0.3, -0.25) is 0 Å². The molecule has 2 rings (SSSR count). The van der Waals surface area contributed by atoms with Gasteiger partial charge < -0.3 is 10.5 Å². The molecular formula is C11H14FNO. The van der Waals surface area contributed by atoms with E-state index in [2.05, 4.69) is 0 Å². The molecule has 0 radical (unpaired) electrons. The van der Waals surface area contributed by atoms with Crippen molar-refractivity contribution < 1.29 is 9.13 Å². The molecule has 2 N–H and O–H groups in total. The first-order valence-corrected chi connectivity index (χ1v) is 4.88. The minimum Gasteiger partial charge on any atom is -0.487 e. The Bertz CT molecular complexity index is 336. The fraction of sp³-hybridized carbons (Fsp3) is 0.455. The summed E-state index contributed by atoms with van der Waals surface area (Å²) in [4.78, 5) is 0. The van der Waals surface area contributed by atoms with Crippen molar-refractivity contribution in [3.8, 4) is 5.75 Å². The standard InChI is InChI=1S/C11H14FNO/c1-7(8-2-3-8)14-11-5-4-9(13)6-10(11)12/h4-8H,2-3,13H2,1H3. The maximum absolute atomic E-state index is 13.3. The second kappa shape index (κ2) is 3.48. The van der Waals surface area contributed by atoms with Gasteiger partial charge in [-0.25, -0.2) is 4.39 Å². The van der Waals surface area contributed by atoms with Gasteiger partial charge in [0.05, 0.1) is 6.10 Å². The van der Waals surface area contributed by atoms with Gasteiger partial charge in [0.1, 0.15) is 0 Å². The lowest BCUT2D eigenvalue weighted by atomic mass is 10.2. The van der Waals surface area contributed by atoms with E-state index in [0.717, 1.165) is 0 Å². The molecule has 0 aliphatic heterocycles. The summed E-state index contributed by atoms with van der Waals surface area (Å²) in [6.45, 7) is 1.98. The van der Waals surface area contributed by atoms with Crippen LogP contribution in [0, 0.1) is 11.7 Å². The summed E-state index contributed by atoms with van der Waals surface area (Å²) < 4.78 is 18.8. The Morgan fingerprint density at radius 1 is 1.50 bits per heavy atom. The molecule has 1 aliphatic rings. The van der Waals surface area contributed by atoms with Gasteiger partial charge in [0, 0.05) is 11.8 Å². The van der Waals surface area contributed by atoms with Crippen molar-refractivity contribution in [3.05, 3.63) is 24.0 Å². The molecule has 3 heteroatoms. The van der Waals surface area contributed by atoms with Gasteiger partial charge >= 0.3 is 0 Å². The number of nitrogen functional groups attached to an aromatic ring is 1. The number of halogens is 1. The monoisotopic (exact) mass is 195 g/mol. The molecule has 1 unspecified atom stereocenters. The topological polar surface area (TPSA) is 35.2 Å². The summed E-state index contributed by atoms with van der Waals surface area (Å²) in [6.07, 6.45) is 2.49. The molecule has 1 aromatic rings. The molecule has 1 atom stereocenters. The molecular weight excluding hydrogens is 181 g/mol. The van der Waals surface area contributed by atoms with Gasteiger partial charge in [0.15, 0.2) is 11.6 Å². The minimum absolute atomic E-state index is 0.105. The SMILES string of the molecule is CC(Oc1ccc(N)cc1F)C1CC1. The Balaban J connectivity index is 2.07. The first kappa shape index (κ1) is 9.31. The lowest BCUT2D eigenvalue weighted by Gasteiger charge is -2.14. The number of rotatable bonds is 3. The van der Waals surface area contributed by atoms with E-state index in [0.29, 0.717) is 17.4 Å². The van der Waals surface area contributed by atoms with Gasteiger partial charge in [-0.1, -0.05) is 0 Å². The lowest BCUT2D eigenvalue weighted by Crippen LogP contribution is -2.14. The van der Waals surface area contributed by atoms with Crippen LogP contribution in [0.2, 0.25) is 0 Å². The van der Waals surface area contributed by atoms with Crippen LogP contribution >= 0.6 is 0 Å². The Kier molecular flexibility index (Phi) is 2.32. The van der Waals surface area contributed by atoms with Crippen LogP contribution < -0.4 is 10.5 Å². The highest BCUT2D eigenvalue weighted by molar-refractivity contribution is 5.42. The first-order chi connectivity index (χ1) is 6.66. The summed E-state index contributed by atoms with van der Waals surface area (Å²) in [5.74, 6) is 0.531. The molecule has 0 amide bonds. The second-order valence-electron chi connectivity index (χ2n) is 3.85. The number of hydrogen-bond acceptors (Lipinski definition) is 2. The third-order valence-electron chi connectivity index (χ3n) is 2.55. The zero-order chi connectivity index (χ0) is 10.1. The van der Waals surface area contributed by atoms with Gasteiger partial charge in [0.2, 0.25) is 0 Å². The summed E-state index contributed by atoms with van der Waals surface area (Å²) in [5, 5.41) is 0. The molecule has 1 aromatic carbocycles. The molecule has 0 spiro atoms. The van der Waals surface area contributed by atoms with E-state index in [1.807, 2.05) is 6.92 Å². The average Bonchev–Trinajstić information content (AvgIpc) is 2.92. The average molecular weight is 195 g/mol. The van der Waals surface area contributed by atoms with Crippen molar-refractivity contribution in [1.29, 1.82) is 0 Å². The van der Waals surface area contributed by atoms with Crippen molar-refractivity contribution in [1.82, 2.24) is 0 Å². The number of hydrogen-bond donors (Lipinski definition) is 1. The molecule has 1 aliphatic carbocycles. The quantitative estimate of drug-likeness (QED) is 0.752. The van der Waals surface area contributed by atoms with Gasteiger partial charge in [-0.2, -0.15) is 0 Å². The van der Waals surface area contributed by atoms with Crippen molar-refractivity contribution >= 4 is 5.69 Å². The Labute approximate surface area is 82.9 Å². The van der Waals surface area contributed by atoms with E-state index in [9.17, 15) is 4.39 Å². The fourth-order valence-corrected chi connectivity index (χ4v) is 1.47. The van der Waals surface area contributed by atoms with E-state index < -0.39 is 0 Å². The molecule has 0 heterocycles. The summed E-state index contributed by atoms with van der Waals surface area (Å²) in [7, 11) is 0. The van der Waals surface area contributed by atoms with Crippen LogP contribution in [0.5, 0.6) is 5.75 Å². The normalized spacial score (nSPS) is 17.9. The molecule has 1 fully saturated rings. The molecule has 2 nitrogen and oxygen atoms in total. The first-order valence-electron chi connectivity index (χ1n) is 4.88. The lowest BCUT2D eigenvalue weighted by molar-refractivity contribution is 0.189. The number of benzene rings is 1. The van der Waals surface area contributed by atoms with Crippen LogP contribution in [-0.2, 0) is 0 Å². The molecule has 14 heavy (non-hydrogen) atoms. The number of nitrogens with two attached hydrogens (primary N) is 1. The Morgan fingerprint density at radius 3 is 2.79 bits per heavy atom. The van der Waals surface area contributed by atoms with E-state index in [4.69, 9.17) is 10.5 Å². The van der Waals surface area contributed by atoms with Crippen LogP contribution in [0.25, 0.3) is 0 Å². The van der Waals surface area contributed by atoms with E-state index in [1.165, 1.54) is 18.9 Å². The van der Waals surface area contributed by atoms with E-state index >= 15 is 0 Å². The summed E-state index contributed by atoms with van der Waals surface area (Å²) >= 11 is 0. The van der Waals surface area contributed by atoms with Crippen LogP contribution in [0.1, 0.15) is 19.8 Å². The van der Waals surface area contributed by atoms with Crippen molar-refractivity contribution in [2.75, 3.05) is 5.73 Å². The van der Waals surface area contributed by atoms with Gasteiger partial charge in [-0.15, -0.1) is 0 Å².